The topological polar surface area (TPSA) is 64.3 Å². The SMILES string of the molecule is O=C(O)C1CCC(n2ccnc2-c2ccccc2OC2CCCC2)CC1. The first-order valence-electron chi connectivity index (χ1n) is 9.74. The smallest absolute Gasteiger partial charge is 0.306 e. The van der Waals surface area contributed by atoms with Crippen LogP contribution in [0.5, 0.6) is 5.75 Å². The second-order valence-corrected chi connectivity index (χ2v) is 7.52. The number of aliphatic carboxylic acids is 1. The van der Waals surface area contributed by atoms with E-state index >= 15 is 0 Å². The van der Waals surface area contributed by atoms with Crippen LogP contribution in [0.15, 0.2) is 36.7 Å². The number of rotatable bonds is 5. The van der Waals surface area contributed by atoms with Gasteiger partial charge in [0.1, 0.15) is 11.6 Å². The van der Waals surface area contributed by atoms with Crippen LogP contribution in [0.3, 0.4) is 0 Å². The van der Waals surface area contributed by atoms with Crippen molar-refractivity contribution in [3.05, 3.63) is 36.7 Å². The maximum absolute atomic E-state index is 11.2. The summed E-state index contributed by atoms with van der Waals surface area (Å²) in [5.74, 6) is 0.976. The minimum atomic E-state index is -0.662. The molecule has 0 unspecified atom stereocenters. The highest BCUT2D eigenvalue weighted by molar-refractivity contribution is 5.70. The minimum absolute atomic E-state index is 0.198. The molecule has 2 aromatic rings. The number of imidazole rings is 1. The van der Waals surface area contributed by atoms with Crippen molar-refractivity contribution >= 4 is 5.97 Å². The highest BCUT2D eigenvalue weighted by Gasteiger charge is 2.28. The van der Waals surface area contributed by atoms with Gasteiger partial charge < -0.3 is 14.4 Å². The Bertz CT molecular complexity index is 756. The van der Waals surface area contributed by atoms with Crippen molar-refractivity contribution in [2.45, 2.75) is 63.5 Å². The normalized spacial score (nSPS) is 23.8. The van der Waals surface area contributed by atoms with Gasteiger partial charge in [-0.2, -0.15) is 0 Å². The molecule has 0 atom stereocenters. The number of para-hydroxylation sites is 1. The van der Waals surface area contributed by atoms with Crippen LogP contribution in [-0.4, -0.2) is 26.7 Å². The number of carbonyl (C=O) groups is 1. The second kappa shape index (κ2) is 7.52. The zero-order chi connectivity index (χ0) is 17.9. The van der Waals surface area contributed by atoms with E-state index in [9.17, 15) is 9.90 Å². The number of carboxylic acids is 1. The van der Waals surface area contributed by atoms with Crippen molar-refractivity contribution in [1.82, 2.24) is 9.55 Å². The summed E-state index contributed by atoms with van der Waals surface area (Å²) >= 11 is 0. The molecule has 2 aliphatic carbocycles. The molecule has 0 bridgehead atoms. The zero-order valence-electron chi connectivity index (χ0n) is 15.0. The zero-order valence-corrected chi connectivity index (χ0v) is 15.0. The Morgan fingerprint density at radius 2 is 1.81 bits per heavy atom. The fourth-order valence-corrected chi connectivity index (χ4v) is 4.36. The lowest BCUT2D eigenvalue weighted by Crippen LogP contribution is -2.23. The Labute approximate surface area is 154 Å². The highest BCUT2D eigenvalue weighted by atomic mass is 16.5. The van der Waals surface area contributed by atoms with Gasteiger partial charge in [-0.15, -0.1) is 0 Å². The molecule has 0 saturated heterocycles. The van der Waals surface area contributed by atoms with Crippen LogP contribution >= 0.6 is 0 Å². The molecule has 0 aliphatic heterocycles. The van der Waals surface area contributed by atoms with Gasteiger partial charge in [0.05, 0.1) is 17.6 Å². The molecule has 0 amide bonds. The fraction of sp³-hybridized carbons (Fsp3) is 0.524. The Balaban J connectivity index is 1.56. The Morgan fingerprint density at radius 1 is 1.08 bits per heavy atom. The quantitative estimate of drug-likeness (QED) is 0.846. The Kier molecular flexibility index (Phi) is 4.96. The van der Waals surface area contributed by atoms with Gasteiger partial charge in [-0.3, -0.25) is 4.79 Å². The monoisotopic (exact) mass is 354 g/mol. The van der Waals surface area contributed by atoms with Gasteiger partial charge in [0.2, 0.25) is 0 Å². The molecule has 0 radical (unpaired) electrons. The number of hydrogen-bond acceptors (Lipinski definition) is 3. The lowest BCUT2D eigenvalue weighted by molar-refractivity contribution is -0.143. The van der Waals surface area contributed by atoms with Gasteiger partial charge in [-0.05, 0) is 63.5 Å². The standard InChI is InChI=1S/C21H26N2O3/c24-21(25)15-9-11-16(12-10-15)23-14-13-22-20(23)18-7-3-4-8-19(18)26-17-5-1-2-6-17/h3-4,7-8,13-17H,1-2,5-6,9-12H2,(H,24,25). The van der Waals surface area contributed by atoms with Crippen LogP contribution < -0.4 is 4.74 Å². The van der Waals surface area contributed by atoms with Crippen molar-refractivity contribution in [2.24, 2.45) is 5.92 Å². The molecule has 1 aromatic heterocycles. The highest BCUT2D eigenvalue weighted by Crippen LogP contribution is 2.38. The second-order valence-electron chi connectivity index (χ2n) is 7.52. The van der Waals surface area contributed by atoms with Gasteiger partial charge in [-0.1, -0.05) is 12.1 Å². The summed E-state index contributed by atoms with van der Waals surface area (Å²) in [5.41, 5.74) is 1.03. The van der Waals surface area contributed by atoms with Crippen molar-refractivity contribution in [3.8, 4) is 17.1 Å². The van der Waals surface area contributed by atoms with Crippen LogP contribution in [0, 0.1) is 5.92 Å². The molecule has 4 rings (SSSR count). The maximum atomic E-state index is 11.2. The molecule has 26 heavy (non-hydrogen) atoms. The number of hydrogen-bond donors (Lipinski definition) is 1. The average molecular weight is 354 g/mol. The van der Waals surface area contributed by atoms with Crippen molar-refractivity contribution < 1.29 is 14.6 Å². The first-order valence-corrected chi connectivity index (χ1v) is 9.74. The average Bonchev–Trinajstić information content (AvgIpc) is 3.34. The summed E-state index contributed by atoms with van der Waals surface area (Å²) in [5, 5.41) is 9.22. The van der Waals surface area contributed by atoms with E-state index in [4.69, 9.17) is 4.74 Å². The number of nitrogens with zero attached hydrogens (tertiary/aromatic N) is 2. The van der Waals surface area contributed by atoms with Crippen molar-refractivity contribution in [2.75, 3.05) is 0 Å². The van der Waals surface area contributed by atoms with E-state index in [1.54, 1.807) is 0 Å². The van der Waals surface area contributed by atoms with Gasteiger partial charge in [-0.25, -0.2) is 4.98 Å². The van der Waals surface area contributed by atoms with E-state index < -0.39 is 5.97 Å². The predicted octanol–water partition coefficient (Wildman–Crippen LogP) is 4.69. The van der Waals surface area contributed by atoms with E-state index in [1.807, 2.05) is 30.6 Å². The van der Waals surface area contributed by atoms with Gasteiger partial charge in [0, 0.05) is 18.4 Å². The lowest BCUT2D eigenvalue weighted by atomic mass is 9.86. The number of carboxylic acid groups (broad SMARTS) is 1. The largest absolute Gasteiger partial charge is 0.490 e. The van der Waals surface area contributed by atoms with Gasteiger partial charge in [0.25, 0.3) is 0 Å². The Hall–Kier alpha value is -2.30. The lowest BCUT2D eigenvalue weighted by Gasteiger charge is -2.28. The van der Waals surface area contributed by atoms with Gasteiger partial charge >= 0.3 is 5.97 Å². The Morgan fingerprint density at radius 3 is 2.54 bits per heavy atom. The number of ether oxygens (including phenoxy) is 1. The molecule has 1 heterocycles. The number of aromatic nitrogens is 2. The van der Waals surface area contributed by atoms with E-state index in [1.165, 1.54) is 12.8 Å². The van der Waals surface area contributed by atoms with Gasteiger partial charge in [0.15, 0.2) is 0 Å². The summed E-state index contributed by atoms with van der Waals surface area (Å²) < 4.78 is 8.51. The van der Waals surface area contributed by atoms with Crippen molar-refractivity contribution in [1.29, 1.82) is 0 Å². The summed E-state index contributed by atoms with van der Waals surface area (Å²) in [6.45, 7) is 0. The summed E-state index contributed by atoms with van der Waals surface area (Å²) in [6.07, 6.45) is 12.1. The first-order chi connectivity index (χ1) is 12.7. The van der Waals surface area contributed by atoms with E-state index in [-0.39, 0.29) is 5.92 Å². The molecule has 1 N–H and O–H groups in total. The molecular formula is C21H26N2O3. The molecule has 138 valence electrons. The third kappa shape index (κ3) is 3.48. The molecule has 1 aromatic carbocycles. The maximum Gasteiger partial charge on any atom is 0.306 e. The molecule has 0 spiro atoms. The molecule has 2 saturated carbocycles. The fourth-order valence-electron chi connectivity index (χ4n) is 4.36. The molecular weight excluding hydrogens is 328 g/mol. The summed E-state index contributed by atoms with van der Waals surface area (Å²) in [7, 11) is 0. The predicted molar refractivity (Wildman–Crippen MR) is 99.2 cm³/mol. The first kappa shape index (κ1) is 17.1. The van der Waals surface area contributed by atoms with Crippen LogP contribution in [0.2, 0.25) is 0 Å². The van der Waals surface area contributed by atoms with E-state index in [2.05, 4.69) is 15.6 Å². The summed E-state index contributed by atoms with van der Waals surface area (Å²) in [6, 6.07) is 8.46. The summed E-state index contributed by atoms with van der Waals surface area (Å²) in [4.78, 5) is 15.8. The minimum Gasteiger partial charge on any atom is -0.490 e. The van der Waals surface area contributed by atoms with Crippen LogP contribution in [0.25, 0.3) is 11.4 Å². The third-order valence-electron chi connectivity index (χ3n) is 5.83. The molecule has 5 nitrogen and oxygen atoms in total. The third-order valence-corrected chi connectivity index (χ3v) is 5.83. The van der Waals surface area contributed by atoms with Crippen molar-refractivity contribution in [3.63, 3.8) is 0 Å². The number of benzene rings is 1. The van der Waals surface area contributed by atoms with Crippen LogP contribution in [-0.2, 0) is 4.79 Å². The van der Waals surface area contributed by atoms with E-state index in [0.717, 1.165) is 55.7 Å². The molecule has 5 heteroatoms. The van der Waals surface area contributed by atoms with Crippen LogP contribution in [0.1, 0.15) is 57.4 Å². The molecule has 2 aliphatic rings. The molecule has 2 fully saturated rings. The van der Waals surface area contributed by atoms with E-state index in [0.29, 0.717) is 12.1 Å². The van der Waals surface area contributed by atoms with Crippen LogP contribution in [0.4, 0.5) is 0 Å².